The van der Waals surface area contributed by atoms with Gasteiger partial charge in [0.2, 0.25) is 0 Å². The molecule has 0 heterocycles. The molecular weight excluding hydrogens is 354 g/mol. The van der Waals surface area contributed by atoms with Crippen LogP contribution in [0.2, 0.25) is 0 Å². The van der Waals surface area contributed by atoms with Gasteiger partial charge in [0.05, 0.1) is 5.41 Å². The van der Waals surface area contributed by atoms with Crippen molar-refractivity contribution in [2.24, 2.45) is 10.8 Å². The van der Waals surface area contributed by atoms with Crippen LogP contribution in [0, 0.1) is 10.8 Å². The Labute approximate surface area is 174 Å². The predicted octanol–water partition coefficient (Wildman–Crippen LogP) is 5.35. The summed E-state index contributed by atoms with van der Waals surface area (Å²) in [5.41, 5.74) is -0.293. The third-order valence-corrected chi connectivity index (χ3v) is 4.11. The second kappa shape index (κ2) is 19.1. The lowest BCUT2D eigenvalue weighted by Crippen LogP contribution is -2.28. The van der Waals surface area contributed by atoms with Crippen molar-refractivity contribution in [1.29, 1.82) is 0 Å². The van der Waals surface area contributed by atoms with Crippen molar-refractivity contribution in [3.05, 3.63) is 0 Å². The number of ketones is 1. The Morgan fingerprint density at radius 2 is 1.54 bits per heavy atom. The minimum absolute atomic E-state index is 0.141. The van der Waals surface area contributed by atoms with Crippen LogP contribution in [0.15, 0.2) is 0 Å². The minimum atomic E-state index is -0.504. The highest BCUT2D eigenvalue weighted by Gasteiger charge is 2.30. The fourth-order valence-corrected chi connectivity index (χ4v) is 2.07. The molecule has 1 N–H and O–H groups in total. The summed E-state index contributed by atoms with van der Waals surface area (Å²) in [5, 5.41) is 3.08. The molecular formula is C23H47NO4. The van der Waals surface area contributed by atoms with Gasteiger partial charge in [0.1, 0.15) is 12.4 Å². The normalized spacial score (nSPS) is 10.8. The smallest absolute Gasteiger partial charge is 0.311 e. The third kappa shape index (κ3) is 22.8. The van der Waals surface area contributed by atoms with Gasteiger partial charge >= 0.3 is 5.97 Å². The van der Waals surface area contributed by atoms with Crippen molar-refractivity contribution in [3.63, 3.8) is 0 Å². The van der Waals surface area contributed by atoms with Gasteiger partial charge < -0.3 is 10.1 Å². The van der Waals surface area contributed by atoms with Crippen molar-refractivity contribution in [3.8, 4) is 0 Å². The van der Waals surface area contributed by atoms with Gasteiger partial charge in [-0.2, -0.15) is 0 Å². The van der Waals surface area contributed by atoms with Gasteiger partial charge in [0, 0.05) is 12.8 Å². The molecule has 0 fully saturated rings. The van der Waals surface area contributed by atoms with Crippen molar-refractivity contribution >= 4 is 18.0 Å². The Bertz CT molecular complexity index is 398. The predicted molar refractivity (Wildman–Crippen MR) is 119 cm³/mol. The van der Waals surface area contributed by atoms with Crippen molar-refractivity contribution in [2.75, 3.05) is 20.2 Å². The third-order valence-electron chi connectivity index (χ3n) is 4.11. The van der Waals surface area contributed by atoms with E-state index in [0.717, 1.165) is 32.2 Å². The van der Waals surface area contributed by atoms with E-state index in [4.69, 9.17) is 4.74 Å². The molecule has 0 aromatic rings. The SMILES string of the molecule is CC.CC(C)(C)CCC(C)(C)C(=O)OCC=O.CCC(=O)CCCCCNC. The first-order chi connectivity index (χ1) is 13.0. The van der Waals surface area contributed by atoms with E-state index in [2.05, 4.69) is 26.1 Å². The zero-order valence-electron chi connectivity index (χ0n) is 20.1. The van der Waals surface area contributed by atoms with Gasteiger partial charge in [0.25, 0.3) is 0 Å². The highest BCUT2D eigenvalue weighted by molar-refractivity contribution is 5.78. The quantitative estimate of drug-likeness (QED) is 0.271. The lowest BCUT2D eigenvalue weighted by Gasteiger charge is -2.26. The van der Waals surface area contributed by atoms with E-state index in [1.165, 1.54) is 12.8 Å². The zero-order chi connectivity index (χ0) is 22.6. The van der Waals surface area contributed by atoms with E-state index < -0.39 is 5.41 Å². The summed E-state index contributed by atoms with van der Waals surface area (Å²) < 4.78 is 4.81. The van der Waals surface area contributed by atoms with Crippen LogP contribution >= 0.6 is 0 Å². The van der Waals surface area contributed by atoms with Gasteiger partial charge in [0.15, 0.2) is 6.29 Å². The van der Waals surface area contributed by atoms with Crippen molar-refractivity contribution in [1.82, 2.24) is 5.32 Å². The number of ether oxygens (including phenoxy) is 1. The van der Waals surface area contributed by atoms with Crippen LogP contribution in [0.1, 0.15) is 100 Å². The van der Waals surface area contributed by atoms with Crippen LogP contribution in [-0.4, -0.2) is 38.2 Å². The summed E-state index contributed by atoms with van der Waals surface area (Å²) >= 11 is 0. The van der Waals surface area contributed by atoms with Crippen LogP contribution in [-0.2, 0) is 19.1 Å². The van der Waals surface area contributed by atoms with Crippen molar-refractivity contribution in [2.45, 2.75) is 100 Å². The largest absolute Gasteiger partial charge is 0.458 e. The molecule has 0 aliphatic heterocycles. The summed E-state index contributed by atoms with van der Waals surface area (Å²) in [6, 6.07) is 0. The minimum Gasteiger partial charge on any atom is -0.458 e. The number of unbranched alkanes of at least 4 members (excludes halogenated alkanes) is 2. The Balaban J connectivity index is -0.000000426. The van der Waals surface area contributed by atoms with Gasteiger partial charge in [-0.05, 0) is 58.5 Å². The highest BCUT2D eigenvalue weighted by atomic mass is 16.5. The zero-order valence-corrected chi connectivity index (χ0v) is 20.1. The molecule has 28 heavy (non-hydrogen) atoms. The van der Waals surface area contributed by atoms with Crippen LogP contribution < -0.4 is 5.32 Å². The van der Waals surface area contributed by atoms with E-state index >= 15 is 0 Å². The maximum absolute atomic E-state index is 11.6. The first-order valence-electron chi connectivity index (χ1n) is 10.8. The second-order valence-corrected chi connectivity index (χ2v) is 8.52. The summed E-state index contributed by atoms with van der Waals surface area (Å²) in [6.07, 6.45) is 7.22. The molecule has 0 bridgehead atoms. The lowest BCUT2D eigenvalue weighted by atomic mass is 9.80. The Morgan fingerprint density at radius 3 is 1.96 bits per heavy atom. The Morgan fingerprint density at radius 1 is 0.964 bits per heavy atom. The molecule has 0 aromatic carbocycles. The number of Topliss-reactive ketones (excluding diaryl/α,β-unsaturated/α-hetero) is 1. The first kappa shape index (κ1) is 31.5. The molecule has 0 aliphatic rings. The maximum atomic E-state index is 11.6. The first-order valence-corrected chi connectivity index (χ1v) is 10.8. The van der Waals surface area contributed by atoms with E-state index in [0.29, 0.717) is 18.5 Å². The monoisotopic (exact) mass is 401 g/mol. The van der Waals surface area contributed by atoms with Crippen LogP contribution in [0.4, 0.5) is 0 Å². The summed E-state index contributed by atoms with van der Waals surface area (Å²) in [4.78, 5) is 32.5. The number of carbonyl (C=O) groups is 3. The second-order valence-electron chi connectivity index (χ2n) is 8.52. The summed E-state index contributed by atoms with van der Waals surface area (Å²) in [6.45, 7) is 17.0. The molecule has 0 amide bonds. The number of aldehydes is 1. The summed E-state index contributed by atoms with van der Waals surface area (Å²) in [7, 11) is 1.96. The van der Waals surface area contributed by atoms with E-state index in [1.807, 2.05) is 41.7 Å². The van der Waals surface area contributed by atoms with Crippen LogP contribution in [0.25, 0.3) is 0 Å². The Kier molecular flexibility index (Phi) is 21.5. The standard InChI is InChI=1S/C12H22O3.C9H19NO.C2H6/c1-11(2,3)6-7-12(4,5)10(14)15-9-8-13;1-3-9(11)7-5-4-6-8-10-2;1-2/h8H,6-7,9H2,1-5H3;10H,3-8H2,1-2H3;1-2H3. The maximum Gasteiger partial charge on any atom is 0.311 e. The van der Waals surface area contributed by atoms with Gasteiger partial charge in [-0.15, -0.1) is 0 Å². The van der Waals surface area contributed by atoms with Gasteiger partial charge in [-0.3, -0.25) is 14.4 Å². The molecule has 0 rings (SSSR count). The molecule has 0 radical (unpaired) electrons. The molecule has 0 saturated heterocycles. The fraction of sp³-hybridized carbons (Fsp3) is 0.870. The highest BCUT2D eigenvalue weighted by Crippen LogP contribution is 2.31. The number of hydrogen-bond donors (Lipinski definition) is 1. The average molecular weight is 402 g/mol. The topological polar surface area (TPSA) is 72.5 Å². The molecule has 0 aromatic heterocycles. The van der Waals surface area contributed by atoms with Crippen molar-refractivity contribution < 1.29 is 19.1 Å². The number of hydrogen-bond acceptors (Lipinski definition) is 5. The van der Waals surface area contributed by atoms with Crippen LogP contribution in [0.3, 0.4) is 0 Å². The average Bonchev–Trinajstić information content (AvgIpc) is 2.65. The molecule has 5 heteroatoms. The molecule has 0 saturated carbocycles. The fourth-order valence-electron chi connectivity index (χ4n) is 2.07. The van der Waals surface area contributed by atoms with Gasteiger partial charge in [-0.25, -0.2) is 0 Å². The summed E-state index contributed by atoms with van der Waals surface area (Å²) in [5.74, 6) is 0.105. The molecule has 0 atom stereocenters. The van der Waals surface area contributed by atoms with Gasteiger partial charge in [-0.1, -0.05) is 48.0 Å². The molecule has 5 nitrogen and oxygen atoms in total. The van der Waals surface area contributed by atoms with E-state index in [9.17, 15) is 14.4 Å². The molecule has 0 spiro atoms. The Hall–Kier alpha value is -1.23. The van der Waals surface area contributed by atoms with E-state index in [-0.39, 0.29) is 18.0 Å². The van der Waals surface area contributed by atoms with E-state index in [1.54, 1.807) is 0 Å². The van der Waals surface area contributed by atoms with Crippen LogP contribution in [0.5, 0.6) is 0 Å². The lowest BCUT2D eigenvalue weighted by molar-refractivity contribution is -0.155. The molecule has 168 valence electrons. The number of carbonyl (C=O) groups excluding carboxylic acids is 3. The number of nitrogens with one attached hydrogen (secondary N) is 1. The number of rotatable bonds is 12. The molecule has 0 unspecified atom stereocenters. The number of esters is 1. The molecule has 0 aliphatic carbocycles.